The van der Waals surface area contributed by atoms with Gasteiger partial charge in [-0.05, 0) is 37.3 Å². The molecular formula is C14H15F2NOS. The molecule has 0 aliphatic heterocycles. The summed E-state index contributed by atoms with van der Waals surface area (Å²) in [6, 6.07) is 5.22. The molecule has 0 spiro atoms. The smallest absolute Gasteiger partial charge is 0.142 e. The SMILES string of the molecule is CC1CCC(C#N)C(S(=O)c2ccc(F)cc2F)C1. The average Bonchev–Trinajstić information content (AvgIpc) is 2.38. The maximum Gasteiger partial charge on any atom is 0.142 e. The zero-order valence-electron chi connectivity index (χ0n) is 10.6. The van der Waals surface area contributed by atoms with Crippen LogP contribution in [-0.4, -0.2) is 9.46 Å². The highest BCUT2D eigenvalue weighted by Crippen LogP contribution is 2.34. The van der Waals surface area contributed by atoms with Crippen LogP contribution in [0.2, 0.25) is 0 Å². The second kappa shape index (κ2) is 5.79. The quantitative estimate of drug-likeness (QED) is 0.834. The van der Waals surface area contributed by atoms with Gasteiger partial charge in [-0.2, -0.15) is 5.26 Å². The third-order valence-electron chi connectivity index (χ3n) is 3.61. The van der Waals surface area contributed by atoms with Gasteiger partial charge in [0.15, 0.2) is 0 Å². The van der Waals surface area contributed by atoms with Crippen LogP contribution in [0.5, 0.6) is 0 Å². The van der Waals surface area contributed by atoms with Crippen molar-refractivity contribution in [2.24, 2.45) is 11.8 Å². The lowest BCUT2D eigenvalue weighted by atomic mass is 9.83. The molecule has 19 heavy (non-hydrogen) atoms. The van der Waals surface area contributed by atoms with Crippen molar-refractivity contribution < 1.29 is 13.0 Å². The first-order valence-electron chi connectivity index (χ1n) is 6.28. The molecule has 1 aliphatic carbocycles. The van der Waals surface area contributed by atoms with E-state index >= 15 is 0 Å². The molecule has 0 amide bonds. The number of halogens is 2. The van der Waals surface area contributed by atoms with E-state index in [1.165, 1.54) is 6.07 Å². The molecule has 2 nitrogen and oxygen atoms in total. The molecule has 1 aromatic rings. The van der Waals surface area contributed by atoms with Crippen LogP contribution in [0.3, 0.4) is 0 Å². The maximum absolute atomic E-state index is 13.7. The zero-order chi connectivity index (χ0) is 14.0. The van der Waals surface area contributed by atoms with Crippen molar-refractivity contribution in [1.82, 2.24) is 0 Å². The topological polar surface area (TPSA) is 40.9 Å². The van der Waals surface area contributed by atoms with Gasteiger partial charge in [-0.25, -0.2) is 8.78 Å². The molecule has 4 unspecified atom stereocenters. The van der Waals surface area contributed by atoms with E-state index in [1.807, 2.05) is 6.92 Å². The molecule has 0 heterocycles. The van der Waals surface area contributed by atoms with Crippen molar-refractivity contribution in [3.63, 3.8) is 0 Å². The van der Waals surface area contributed by atoms with Crippen LogP contribution in [0.4, 0.5) is 8.78 Å². The Morgan fingerprint density at radius 2 is 2.11 bits per heavy atom. The maximum atomic E-state index is 13.7. The Bertz CT molecular complexity index is 541. The van der Waals surface area contributed by atoms with Gasteiger partial charge in [0.05, 0.1) is 32.9 Å². The van der Waals surface area contributed by atoms with Gasteiger partial charge in [0.1, 0.15) is 11.6 Å². The van der Waals surface area contributed by atoms with E-state index < -0.39 is 22.4 Å². The molecule has 0 N–H and O–H groups in total. The fraction of sp³-hybridized carbons (Fsp3) is 0.500. The molecule has 5 heteroatoms. The first-order chi connectivity index (χ1) is 9.02. The number of hydrogen-bond donors (Lipinski definition) is 0. The first kappa shape index (κ1) is 14.1. The van der Waals surface area contributed by atoms with Gasteiger partial charge in [0.2, 0.25) is 0 Å². The molecule has 102 valence electrons. The van der Waals surface area contributed by atoms with Crippen LogP contribution in [0.25, 0.3) is 0 Å². The summed E-state index contributed by atoms with van der Waals surface area (Å²) in [5.41, 5.74) is 0. The van der Waals surface area contributed by atoms with E-state index in [9.17, 15) is 13.0 Å². The van der Waals surface area contributed by atoms with Crippen molar-refractivity contribution in [2.45, 2.75) is 36.3 Å². The van der Waals surface area contributed by atoms with Gasteiger partial charge in [0, 0.05) is 6.07 Å². The lowest BCUT2D eigenvalue weighted by Crippen LogP contribution is -2.32. The second-order valence-corrected chi connectivity index (χ2v) is 6.70. The van der Waals surface area contributed by atoms with Gasteiger partial charge >= 0.3 is 0 Å². The van der Waals surface area contributed by atoms with E-state index in [0.717, 1.165) is 18.6 Å². The number of nitrogens with zero attached hydrogens (tertiary/aromatic N) is 1. The Morgan fingerprint density at radius 1 is 1.37 bits per heavy atom. The highest BCUT2D eigenvalue weighted by atomic mass is 32.2. The highest BCUT2D eigenvalue weighted by Gasteiger charge is 2.34. The van der Waals surface area contributed by atoms with E-state index in [-0.39, 0.29) is 16.1 Å². The highest BCUT2D eigenvalue weighted by molar-refractivity contribution is 7.85. The van der Waals surface area contributed by atoms with Gasteiger partial charge in [-0.3, -0.25) is 4.21 Å². The largest absolute Gasteiger partial charge is 0.254 e. The number of rotatable bonds is 2. The third kappa shape index (κ3) is 3.01. The summed E-state index contributed by atoms with van der Waals surface area (Å²) in [5.74, 6) is -1.43. The molecule has 2 rings (SSSR count). The lowest BCUT2D eigenvalue weighted by molar-refractivity contribution is 0.340. The Labute approximate surface area is 113 Å². The van der Waals surface area contributed by atoms with Gasteiger partial charge < -0.3 is 0 Å². The molecule has 0 saturated heterocycles. The van der Waals surface area contributed by atoms with Crippen LogP contribution in [0.15, 0.2) is 23.1 Å². The van der Waals surface area contributed by atoms with Crippen LogP contribution in [0, 0.1) is 34.8 Å². The molecule has 0 bridgehead atoms. The Hall–Kier alpha value is -1.28. The minimum absolute atomic E-state index is 0.000694. The van der Waals surface area contributed by atoms with E-state index in [0.29, 0.717) is 18.8 Å². The molecule has 0 radical (unpaired) electrons. The summed E-state index contributed by atoms with van der Waals surface area (Å²) < 4.78 is 39.0. The van der Waals surface area contributed by atoms with Crippen molar-refractivity contribution in [3.8, 4) is 6.07 Å². The van der Waals surface area contributed by atoms with Crippen LogP contribution >= 0.6 is 0 Å². The number of hydrogen-bond acceptors (Lipinski definition) is 2. The van der Waals surface area contributed by atoms with Gasteiger partial charge in [0.25, 0.3) is 0 Å². The summed E-state index contributed by atoms with van der Waals surface area (Å²) in [6.45, 7) is 2.04. The normalized spacial score (nSPS) is 28.6. The van der Waals surface area contributed by atoms with Crippen LogP contribution in [0.1, 0.15) is 26.2 Å². The fourth-order valence-electron chi connectivity index (χ4n) is 2.51. The van der Waals surface area contributed by atoms with Crippen molar-refractivity contribution in [2.75, 3.05) is 0 Å². The predicted octanol–water partition coefficient (Wildman–Crippen LogP) is 3.40. The summed E-state index contributed by atoms with van der Waals surface area (Å²) >= 11 is 0. The number of nitriles is 1. The summed E-state index contributed by atoms with van der Waals surface area (Å²) in [4.78, 5) is 0.000694. The minimum Gasteiger partial charge on any atom is -0.254 e. The summed E-state index contributed by atoms with van der Waals surface area (Å²) in [7, 11) is -1.60. The second-order valence-electron chi connectivity index (χ2n) is 5.06. The summed E-state index contributed by atoms with van der Waals surface area (Å²) in [6.07, 6.45) is 2.26. The predicted molar refractivity (Wildman–Crippen MR) is 68.7 cm³/mol. The van der Waals surface area contributed by atoms with Crippen LogP contribution < -0.4 is 0 Å². The third-order valence-corrected chi connectivity index (χ3v) is 5.44. The van der Waals surface area contributed by atoms with Crippen molar-refractivity contribution in [3.05, 3.63) is 29.8 Å². The first-order valence-corrected chi connectivity index (χ1v) is 7.49. The molecule has 0 aromatic heterocycles. The standard InChI is InChI=1S/C14H15F2NOS/c1-9-2-3-10(8-17)14(6-9)19(18)13-5-4-11(15)7-12(13)16/h4-5,7,9-10,14H,2-3,6H2,1H3. The molecule has 4 atom stereocenters. The van der Waals surface area contributed by atoms with Gasteiger partial charge in [-0.1, -0.05) is 6.92 Å². The van der Waals surface area contributed by atoms with Crippen molar-refractivity contribution >= 4 is 10.8 Å². The minimum atomic E-state index is -1.60. The fourth-order valence-corrected chi connectivity index (χ4v) is 4.29. The molecule has 1 aliphatic rings. The van der Waals surface area contributed by atoms with E-state index in [4.69, 9.17) is 5.26 Å². The van der Waals surface area contributed by atoms with E-state index in [2.05, 4.69) is 6.07 Å². The van der Waals surface area contributed by atoms with Crippen molar-refractivity contribution in [1.29, 1.82) is 5.26 Å². The van der Waals surface area contributed by atoms with Crippen LogP contribution in [-0.2, 0) is 10.8 Å². The average molecular weight is 283 g/mol. The lowest BCUT2D eigenvalue weighted by Gasteiger charge is -2.30. The van der Waals surface area contributed by atoms with E-state index in [1.54, 1.807) is 0 Å². The summed E-state index contributed by atoms with van der Waals surface area (Å²) in [5, 5.41) is 8.75. The monoisotopic (exact) mass is 283 g/mol. The Morgan fingerprint density at radius 3 is 2.74 bits per heavy atom. The zero-order valence-corrected chi connectivity index (χ0v) is 11.4. The Balaban J connectivity index is 2.29. The molecule has 1 aromatic carbocycles. The molecular weight excluding hydrogens is 268 g/mol. The Kier molecular flexibility index (Phi) is 4.31. The van der Waals surface area contributed by atoms with Gasteiger partial charge in [-0.15, -0.1) is 0 Å². The molecule has 1 fully saturated rings. The number of benzene rings is 1. The molecule has 1 saturated carbocycles.